The van der Waals surface area contributed by atoms with Gasteiger partial charge in [0.25, 0.3) is 0 Å². The number of carbonyl (C=O) groups is 1. The summed E-state index contributed by atoms with van der Waals surface area (Å²) in [5, 5.41) is 16.9. The second-order valence-electron chi connectivity index (χ2n) is 6.06. The number of benzene rings is 1. The molecule has 1 saturated carbocycles. The van der Waals surface area contributed by atoms with Crippen molar-refractivity contribution in [3.8, 4) is 11.5 Å². The van der Waals surface area contributed by atoms with Crippen LogP contribution in [-0.2, 0) is 11.3 Å². The first-order valence-corrected chi connectivity index (χ1v) is 11.9. The molecular weight excluding hydrogens is 438 g/mol. The molecular formula is C17H16ClN5O2S3. The van der Waals surface area contributed by atoms with Crippen molar-refractivity contribution in [3.63, 3.8) is 0 Å². The average Bonchev–Trinajstić information content (AvgIpc) is 3.26. The van der Waals surface area contributed by atoms with Crippen molar-refractivity contribution >= 4 is 52.4 Å². The summed E-state index contributed by atoms with van der Waals surface area (Å²) in [6, 6.07) is 7.53. The number of thioether (sulfide) groups is 2. The quantitative estimate of drug-likeness (QED) is 0.468. The second-order valence-corrected chi connectivity index (χ2v) is 9.72. The Morgan fingerprint density at radius 3 is 2.75 bits per heavy atom. The maximum atomic E-state index is 12.8. The van der Waals surface area contributed by atoms with E-state index in [4.69, 9.17) is 16.0 Å². The van der Waals surface area contributed by atoms with E-state index < -0.39 is 0 Å². The highest BCUT2D eigenvalue weighted by molar-refractivity contribution is 8.03. The van der Waals surface area contributed by atoms with Gasteiger partial charge in [-0.15, -0.1) is 20.4 Å². The van der Waals surface area contributed by atoms with E-state index >= 15 is 0 Å². The summed E-state index contributed by atoms with van der Waals surface area (Å²) >= 11 is 10.6. The molecule has 1 aromatic carbocycles. The standard InChI is InChI=1S/C17H16ClN5O2S3/c1-26-16-21-22-17(28-16)27-9-14(24)23(10-6-7-10)8-13-19-20-15(25-13)11-4-2-3-5-12(11)18/h2-5,10H,6-9H2,1H3. The SMILES string of the molecule is CSc1nnc(SCC(=O)N(Cc2nnc(-c3ccccc3Cl)o2)C2CC2)s1. The van der Waals surface area contributed by atoms with Crippen molar-refractivity contribution in [2.75, 3.05) is 12.0 Å². The molecule has 0 radical (unpaired) electrons. The van der Waals surface area contributed by atoms with Gasteiger partial charge in [-0.05, 0) is 31.2 Å². The van der Waals surface area contributed by atoms with E-state index in [1.807, 2.05) is 29.4 Å². The molecule has 28 heavy (non-hydrogen) atoms. The van der Waals surface area contributed by atoms with E-state index in [1.165, 1.54) is 23.1 Å². The highest BCUT2D eigenvalue weighted by Gasteiger charge is 2.33. The zero-order valence-corrected chi connectivity index (χ0v) is 18.1. The molecule has 0 N–H and O–H groups in total. The third kappa shape index (κ3) is 4.68. The molecule has 1 fully saturated rings. The van der Waals surface area contributed by atoms with Gasteiger partial charge in [0.05, 0.1) is 22.9 Å². The molecule has 0 aliphatic heterocycles. The summed E-state index contributed by atoms with van der Waals surface area (Å²) in [7, 11) is 0. The number of halogens is 1. The smallest absolute Gasteiger partial charge is 0.249 e. The van der Waals surface area contributed by atoms with Crippen LogP contribution in [0.25, 0.3) is 11.5 Å². The van der Waals surface area contributed by atoms with Gasteiger partial charge in [-0.2, -0.15) is 0 Å². The molecule has 0 unspecified atom stereocenters. The van der Waals surface area contributed by atoms with Crippen LogP contribution in [0.15, 0.2) is 37.4 Å². The van der Waals surface area contributed by atoms with Crippen molar-refractivity contribution in [2.24, 2.45) is 0 Å². The molecule has 0 spiro atoms. The van der Waals surface area contributed by atoms with Gasteiger partial charge < -0.3 is 9.32 Å². The van der Waals surface area contributed by atoms with Crippen LogP contribution in [0.1, 0.15) is 18.7 Å². The molecule has 0 bridgehead atoms. The van der Waals surface area contributed by atoms with Crippen LogP contribution in [0.3, 0.4) is 0 Å². The Morgan fingerprint density at radius 2 is 2.04 bits per heavy atom. The lowest BCUT2D eigenvalue weighted by Crippen LogP contribution is -2.34. The van der Waals surface area contributed by atoms with Crippen molar-refractivity contribution in [3.05, 3.63) is 35.2 Å². The average molecular weight is 454 g/mol. The molecule has 1 aliphatic carbocycles. The first-order valence-electron chi connectivity index (χ1n) is 8.51. The predicted molar refractivity (Wildman–Crippen MR) is 111 cm³/mol. The number of hydrogen-bond donors (Lipinski definition) is 0. The van der Waals surface area contributed by atoms with Gasteiger partial charge in [0, 0.05) is 6.04 Å². The highest BCUT2D eigenvalue weighted by atomic mass is 35.5. The first-order chi connectivity index (χ1) is 13.6. The van der Waals surface area contributed by atoms with Crippen LogP contribution in [0.4, 0.5) is 0 Å². The van der Waals surface area contributed by atoms with Crippen molar-refractivity contribution in [1.29, 1.82) is 0 Å². The normalized spacial score (nSPS) is 13.6. The minimum Gasteiger partial charge on any atom is -0.419 e. The van der Waals surface area contributed by atoms with Gasteiger partial charge in [0.15, 0.2) is 8.68 Å². The van der Waals surface area contributed by atoms with Crippen molar-refractivity contribution < 1.29 is 9.21 Å². The Morgan fingerprint density at radius 1 is 1.25 bits per heavy atom. The van der Waals surface area contributed by atoms with Gasteiger partial charge in [-0.3, -0.25) is 4.79 Å². The Hall–Kier alpha value is -1.62. The maximum Gasteiger partial charge on any atom is 0.249 e. The largest absolute Gasteiger partial charge is 0.419 e. The van der Waals surface area contributed by atoms with Crippen molar-refractivity contribution in [2.45, 2.75) is 34.1 Å². The Balaban J connectivity index is 1.41. The molecule has 0 saturated heterocycles. The summed E-state index contributed by atoms with van der Waals surface area (Å²) < 4.78 is 7.45. The molecule has 2 aromatic heterocycles. The van der Waals surface area contributed by atoms with E-state index in [0.29, 0.717) is 34.7 Å². The number of carbonyl (C=O) groups excluding carboxylic acids is 1. The lowest BCUT2D eigenvalue weighted by molar-refractivity contribution is -0.129. The van der Waals surface area contributed by atoms with E-state index in [2.05, 4.69) is 20.4 Å². The van der Waals surface area contributed by atoms with E-state index in [0.717, 1.165) is 21.5 Å². The van der Waals surface area contributed by atoms with Crippen LogP contribution in [0, 0.1) is 0 Å². The Bertz CT molecular complexity index is 975. The monoisotopic (exact) mass is 453 g/mol. The van der Waals surface area contributed by atoms with Crippen LogP contribution < -0.4 is 0 Å². The van der Waals surface area contributed by atoms with Gasteiger partial charge in [0.1, 0.15) is 0 Å². The summed E-state index contributed by atoms with van der Waals surface area (Å²) in [4.78, 5) is 14.6. The summed E-state index contributed by atoms with van der Waals surface area (Å²) in [6.45, 7) is 0.299. The van der Waals surface area contributed by atoms with E-state index in [9.17, 15) is 4.79 Å². The second kappa shape index (κ2) is 8.81. The lowest BCUT2D eigenvalue weighted by Gasteiger charge is -2.20. The highest BCUT2D eigenvalue weighted by Crippen LogP contribution is 2.32. The summed E-state index contributed by atoms with van der Waals surface area (Å²) in [6.07, 6.45) is 3.95. The van der Waals surface area contributed by atoms with Gasteiger partial charge >= 0.3 is 0 Å². The summed E-state index contributed by atoms with van der Waals surface area (Å²) in [5.41, 5.74) is 0.684. The third-order valence-electron chi connectivity index (χ3n) is 4.07. The molecule has 146 valence electrons. The summed E-state index contributed by atoms with van der Waals surface area (Å²) in [5.74, 6) is 1.11. The molecule has 4 rings (SSSR count). The van der Waals surface area contributed by atoms with Crippen LogP contribution in [-0.4, -0.2) is 49.3 Å². The number of aromatic nitrogens is 4. The Labute approximate surface area is 179 Å². The first kappa shape index (κ1) is 19.7. The number of rotatable bonds is 8. The fourth-order valence-electron chi connectivity index (χ4n) is 2.56. The molecule has 11 heteroatoms. The minimum atomic E-state index is 0.0332. The zero-order valence-electron chi connectivity index (χ0n) is 14.9. The number of nitrogens with zero attached hydrogens (tertiary/aromatic N) is 5. The predicted octanol–water partition coefficient (Wildman–Crippen LogP) is 4.25. The Kier molecular flexibility index (Phi) is 6.19. The molecule has 0 atom stereocenters. The van der Waals surface area contributed by atoms with E-state index in [-0.39, 0.29) is 11.9 Å². The lowest BCUT2D eigenvalue weighted by atomic mass is 10.2. The fourth-order valence-corrected chi connectivity index (χ4v) is 5.10. The topological polar surface area (TPSA) is 85.0 Å². The molecule has 3 aromatic rings. The van der Waals surface area contributed by atoms with E-state index in [1.54, 1.807) is 17.8 Å². The fraction of sp³-hybridized carbons (Fsp3) is 0.353. The van der Waals surface area contributed by atoms with Gasteiger partial charge in [0.2, 0.25) is 17.7 Å². The maximum absolute atomic E-state index is 12.8. The van der Waals surface area contributed by atoms with Crippen LogP contribution >= 0.6 is 46.5 Å². The minimum absolute atomic E-state index is 0.0332. The van der Waals surface area contributed by atoms with Crippen molar-refractivity contribution in [1.82, 2.24) is 25.3 Å². The molecule has 7 nitrogen and oxygen atoms in total. The van der Waals surface area contributed by atoms with Gasteiger partial charge in [-0.1, -0.05) is 58.6 Å². The number of amides is 1. The van der Waals surface area contributed by atoms with Crippen LogP contribution in [0.2, 0.25) is 5.02 Å². The third-order valence-corrected chi connectivity index (χ3v) is 7.41. The van der Waals surface area contributed by atoms with Crippen LogP contribution in [0.5, 0.6) is 0 Å². The molecule has 1 aliphatic rings. The van der Waals surface area contributed by atoms with Gasteiger partial charge in [-0.25, -0.2) is 0 Å². The molecule has 2 heterocycles. The zero-order chi connectivity index (χ0) is 19.5. The molecule has 1 amide bonds. The number of hydrogen-bond acceptors (Lipinski definition) is 9.